The summed E-state index contributed by atoms with van der Waals surface area (Å²) in [6, 6.07) is -7.31. The third-order valence-corrected chi connectivity index (χ3v) is 16.4. The van der Waals surface area contributed by atoms with Crippen LogP contribution in [0, 0.1) is 0 Å². The molecule has 6 heterocycles. The van der Waals surface area contributed by atoms with E-state index in [2.05, 4.69) is 25.5 Å². The SMILES string of the molecule is CC(=O)N[C@H]1[C@H](O[C@H]2[C@@H](O)[C@@H](CO)O[C@@H](O[C@H]3[C@H](O)[C@@H](NC(C)=O)[C@H](OC[C@@H](O)[C@H](O)[C@H](O[C@@H]4O[C@H](CO)[C@@H](O)[C@H](O[C@@H]5O[C@H](COS(=O)(=O)O)[C@H](O)[C@H](O)[C@H]5O)[C@H]4NC(C)=O)[C@H](CO)NC(C)=O)O[C@@H]3CO)[C@@H]2O)O[C@H](CO)[C@@H](O[C@@H]2O[C@H](CO)[C@H](O)[C@H](O)[C@H]2O)[C@@H]1O. The highest BCUT2D eigenvalue weighted by Crippen LogP contribution is 2.37. The van der Waals surface area contributed by atoms with E-state index in [1.165, 1.54) is 0 Å². The molecular weight excluding hydrogens is 1310 g/mol. The summed E-state index contributed by atoms with van der Waals surface area (Å²) in [5, 5.41) is 216. The number of aliphatic hydroxyl groups is 19. The lowest BCUT2D eigenvalue weighted by atomic mass is 9.94. The predicted molar refractivity (Wildman–Crippen MR) is 291 cm³/mol. The van der Waals surface area contributed by atoms with Crippen LogP contribution in [-0.4, -0.2) is 395 Å². The number of hydrogen-bond acceptors (Lipinski definition) is 38. The Kier molecular flexibility index (Phi) is 29.6. The van der Waals surface area contributed by atoms with Gasteiger partial charge in [-0.3, -0.25) is 23.7 Å². The van der Waals surface area contributed by atoms with Crippen LogP contribution in [0.25, 0.3) is 0 Å². The monoisotopic (exact) mass is 1400 g/mol. The number of rotatable bonds is 29. The van der Waals surface area contributed by atoms with Crippen molar-refractivity contribution in [2.45, 2.75) is 236 Å². The smallest absolute Gasteiger partial charge is 0.394 e. The van der Waals surface area contributed by atoms with E-state index >= 15 is 0 Å². The molecule has 0 unspecified atom stereocenters. The van der Waals surface area contributed by atoms with Gasteiger partial charge in [-0.25, -0.2) is 4.18 Å². The maximum atomic E-state index is 12.8. The zero-order valence-electron chi connectivity index (χ0n) is 50.4. The van der Waals surface area contributed by atoms with E-state index in [0.717, 1.165) is 27.7 Å². The van der Waals surface area contributed by atoms with Crippen LogP contribution in [0.1, 0.15) is 27.7 Å². The molecule has 34 atom stereocenters. The first kappa shape index (κ1) is 79.5. The molecule has 0 bridgehead atoms. The largest absolute Gasteiger partial charge is 0.397 e. The van der Waals surface area contributed by atoms with Crippen molar-refractivity contribution in [2.75, 3.05) is 52.9 Å². The average molecular weight is 1400 g/mol. The van der Waals surface area contributed by atoms with Crippen LogP contribution in [0.2, 0.25) is 0 Å². The molecule has 43 nitrogen and oxygen atoms in total. The number of ether oxygens (including phenoxy) is 12. The normalized spacial score (nSPS) is 42.7. The minimum absolute atomic E-state index is 0.864. The lowest BCUT2D eigenvalue weighted by Gasteiger charge is -2.50. The molecule has 0 spiro atoms. The van der Waals surface area contributed by atoms with Crippen LogP contribution in [0.4, 0.5) is 0 Å². The van der Waals surface area contributed by atoms with E-state index in [4.69, 9.17) is 61.4 Å². The van der Waals surface area contributed by atoms with Crippen molar-refractivity contribution in [3.05, 3.63) is 0 Å². The number of aliphatic hydroxyl groups excluding tert-OH is 19. The number of amides is 4. The molecule has 24 N–H and O–H groups in total. The topological polar surface area (TPSA) is 675 Å². The summed E-state index contributed by atoms with van der Waals surface area (Å²) in [5.74, 6) is -3.62. The standard InChI is InChI=1S/C50H86N4O39S/c1-13(61)51-17(5-55)40(89-47-27(54-16(4)64)43(31(69)20(7-57)83-47)92-49-38(76)36(74)30(68)24(88-49)12-82-94(78,79)80)28(66)18(65)11-81-45-25(52-14(2)62)33(71)41(22(9-59)86-45)91-50-39(77)44(32(70)21(8-58)85-50)93-46-26(53-15(3)63)34(72)42(23(10-60)87-46)90-48-37(75)35(73)29(67)19(6-56)84-48/h17-50,55-60,65-77H,5-12H2,1-4H3,(H,51,61)(H,52,62)(H,53,63)(H,54,64)(H,78,79,80)/t17-,18+,19+,20+,21+,22+,23+,24+,25+,26+,27+,28-,29-,30-,31+,32-,33+,34+,35-,36-,37+,38+,39+,40+,41+,42+,43+,44-,45+,46-,47-,48-,49-,50-/m0/s1. The Labute approximate surface area is 533 Å². The maximum Gasteiger partial charge on any atom is 0.397 e. The second kappa shape index (κ2) is 35.0. The summed E-state index contributed by atoms with van der Waals surface area (Å²) in [4.78, 5) is 50.5. The van der Waals surface area contributed by atoms with Crippen LogP contribution in [0.15, 0.2) is 0 Å². The molecule has 0 aromatic heterocycles. The zero-order valence-corrected chi connectivity index (χ0v) is 51.2. The number of hydrogen-bond donors (Lipinski definition) is 24. The van der Waals surface area contributed by atoms with Gasteiger partial charge >= 0.3 is 10.4 Å². The van der Waals surface area contributed by atoms with Crippen molar-refractivity contribution >= 4 is 34.0 Å². The van der Waals surface area contributed by atoms with Gasteiger partial charge < -0.3 is 175 Å². The summed E-state index contributed by atoms with van der Waals surface area (Å²) in [6.45, 7) is -4.88. The van der Waals surface area contributed by atoms with Crippen molar-refractivity contribution in [1.82, 2.24) is 21.3 Å². The fourth-order valence-corrected chi connectivity index (χ4v) is 11.6. The fraction of sp³-hybridized carbons (Fsp3) is 0.920. The highest BCUT2D eigenvalue weighted by atomic mass is 32.3. The Morgan fingerprint density at radius 2 is 0.809 bits per heavy atom. The molecule has 546 valence electrons. The zero-order chi connectivity index (χ0) is 70.1. The summed E-state index contributed by atoms with van der Waals surface area (Å²) < 4.78 is 105. The molecular formula is C50H86N4O39S. The van der Waals surface area contributed by atoms with Crippen LogP contribution in [0.3, 0.4) is 0 Å². The molecule has 0 radical (unpaired) electrons. The third kappa shape index (κ3) is 19.3. The maximum absolute atomic E-state index is 12.8. The predicted octanol–water partition coefficient (Wildman–Crippen LogP) is -16.2. The second-order valence-corrected chi connectivity index (χ2v) is 23.9. The van der Waals surface area contributed by atoms with Gasteiger partial charge in [-0.15, -0.1) is 0 Å². The van der Waals surface area contributed by atoms with Gasteiger partial charge in [0, 0.05) is 27.7 Å². The Morgan fingerprint density at radius 3 is 1.27 bits per heavy atom. The highest BCUT2D eigenvalue weighted by Gasteiger charge is 2.58. The fourth-order valence-electron chi connectivity index (χ4n) is 11.3. The van der Waals surface area contributed by atoms with E-state index < -0.39 is 295 Å². The van der Waals surface area contributed by atoms with E-state index in [9.17, 15) is 125 Å². The molecule has 4 amide bonds. The summed E-state index contributed by atoms with van der Waals surface area (Å²) in [5.41, 5.74) is 0. The lowest BCUT2D eigenvalue weighted by Crippen LogP contribution is -2.70. The first-order valence-corrected chi connectivity index (χ1v) is 30.5. The van der Waals surface area contributed by atoms with Crippen molar-refractivity contribution in [3.63, 3.8) is 0 Å². The van der Waals surface area contributed by atoms with E-state index in [1.807, 2.05) is 0 Å². The second-order valence-electron chi connectivity index (χ2n) is 22.8. The van der Waals surface area contributed by atoms with Gasteiger partial charge in [-0.05, 0) is 0 Å². The van der Waals surface area contributed by atoms with Crippen LogP contribution >= 0.6 is 0 Å². The van der Waals surface area contributed by atoms with Crippen LogP contribution in [-0.2, 0) is 90.6 Å². The van der Waals surface area contributed by atoms with Crippen LogP contribution in [0.5, 0.6) is 0 Å². The van der Waals surface area contributed by atoms with E-state index in [1.54, 1.807) is 0 Å². The Bertz CT molecular complexity index is 2520. The van der Waals surface area contributed by atoms with Crippen molar-refractivity contribution < 1.29 is 190 Å². The van der Waals surface area contributed by atoms with Crippen molar-refractivity contribution in [3.8, 4) is 0 Å². The summed E-state index contributed by atoms with van der Waals surface area (Å²) in [7, 11) is -5.19. The Hall–Kier alpha value is -3.49. The number of carbonyl (C=O) groups is 4. The molecule has 0 aromatic carbocycles. The molecule has 6 aliphatic heterocycles. The highest BCUT2D eigenvalue weighted by molar-refractivity contribution is 7.80. The van der Waals surface area contributed by atoms with Gasteiger partial charge in [0.05, 0.1) is 58.9 Å². The van der Waals surface area contributed by atoms with Gasteiger partial charge in [-0.1, -0.05) is 0 Å². The Morgan fingerprint density at radius 1 is 0.426 bits per heavy atom. The molecule has 6 rings (SSSR count). The molecule has 0 saturated carbocycles. The first-order chi connectivity index (χ1) is 44.1. The third-order valence-electron chi connectivity index (χ3n) is 16.0. The van der Waals surface area contributed by atoms with Crippen molar-refractivity contribution in [2.24, 2.45) is 0 Å². The molecule has 0 aliphatic carbocycles. The van der Waals surface area contributed by atoms with Gasteiger partial charge in [0.1, 0.15) is 165 Å². The number of nitrogens with one attached hydrogen (secondary N) is 4. The summed E-state index contributed by atoms with van der Waals surface area (Å²) in [6.07, 6.45) is -60.6. The quantitative estimate of drug-likeness (QED) is 0.0309. The average Bonchev–Trinajstić information content (AvgIpc) is 0.781. The lowest BCUT2D eigenvalue weighted by molar-refractivity contribution is -0.378. The van der Waals surface area contributed by atoms with E-state index in [-0.39, 0.29) is 0 Å². The van der Waals surface area contributed by atoms with Gasteiger partial charge in [-0.2, -0.15) is 8.42 Å². The molecule has 6 fully saturated rings. The minimum atomic E-state index is -5.19. The van der Waals surface area contributed by atoms with Gasteiger partial charge in [0.2, 0.25) is 23.6 Å². The number of carbonyl (C=O) groups excluding carboxylic acids is 4. The molecule has 0 aromatic rings. The molecule has 6 saturated heterocycles. The first-order valence-electron chi connectivity index (χ1n) is 29.2. The van der Waals surface area contributed by atoms with Gasteiger partial charge in [0.15, 0.2) is 37.7 Å². The summed E-state index contributed by atoms with van der Waals surface area (Å²) >= 11 is 0. The molecule has 44 heteroatoms. The Balaban J connectivity index is 1.21. The minimum Gasteiger partial charge on any atom is -0.394 e. The van der Waals surface area contributed by atoms with Gasteiger partial charge in [0.25, 0.3) is 0 Å². The van der Waals surface area contributed by atoms with E-state index in [0.29, 0.717) is 0 Å². The molecule has 94 heavy (non-hydrogen) atoms. The van der Waals surface area contributed by atoms with Crippen LogP contribution < -0.4 is 21.3 Å². The van der Waals surface area contributed by atoms with Crippen molar-refractivity contribution in [1.29, 1.82) is 0 Å². The molecule has 6 aliphatic rings.